The maximum Gasteiger partial charge on any atom is 0.126 e. The number of anilines is 2. The molecule has 6 heteroatoms. The third kappa shape index (κ3) is 4.37. The fourth-order valence-corrected chi connectivity index (χ4v) is 3.78. The second-order valence-electron chi connectivity index (χ2n) is 7.42. The summed E-state index contributed by atoms with van der Waals surface area (Å²) in [7, 11) is 4.32. The standard InChI is InChI=1S/C20H32N6/c1-4-17(9-10-24(2)3)25-11-13-26(14-12-25)18-7-5-16(6-8-18)19-15-22-23-20(19)21/h5-8,15,17H,4,9-14H2,1-3H3,(H3,21,22,23). The first-order valence-corrected chi connectivity index (χ1v) is 9.61. The smallest absolute Gasteiger partial charge is 0.126 e. The molecule has 0 aliphatic carbocycles. The van der Waals surface area contributed by atoms with E-state index in [9.17, 15) is 0 Å². The quantitative estimate of drug-likeness (QED) is 0.798. The van der Waals surface area contributed by atoms with Gasteiger partial charge in [0.15, 0.2) is 0 Å². The van der Waals surface area contributed by atoms with E-state index in [0.29, 0.717) is 11.9 Å². The molecule has 1 aromatic carbocycles. The minimum atomic E-state index is 0.620. The van der Waals surface area contributed by atoms with Crippen molar-refractivity contribution in [2.75, 3.05) is 57.5 Å². The first-order chi connectivity index (χ1) is 12.6. The number of rotatable bonds is 7. The number of hydrogen-bond acceptors (Lipinski definition) is 5. The third-order valence-corrected chi connectivity index (χ3v) is 5.42. The molecule has 0 spiro atoms. The monoisotopic (exact) mass is 356 g/mol. The molecule has 0 amide bonds. The van der Waals surface area contributed by atoms with Gasteiger partial charge in [-0.3, -0.25) is 10.00 Å². The van der Waals surface area contributed by atoms with E-state index < -0.39 is 0 Å². The highest BCUT2D eigenvalue weighted by molar-refractivity contribution is 5.74. The maximum absolute atomic E-state index is 5.92. The Labute approximate surface area is 157 Å². The molecule has 26 heavy (non-hydrogen) atoms. The second-order valence-corrected chi connectivity index (χ2v) is 7.42. The molecule has 2 aromatic rings. The van der Waals surface area contributed by atoms with Crippen LogP contribution >= 0.6 is 0 Å². The van der Waals surface area contributed by atoms with Gasteiger partial charge in [0.05, 0.1) is 6.20 Å². The van der Waals surface area contributed by atoms with Crippen LogP contribution in [-0.2, 0) is 0 Å². The zero-order chi connectivity index (χ0) is 18.5. The van der Waals surface area contributed by atoms with Gasteiger partial charge in [-0.15, -0.1) is 0 Å². The van der Waals surface area contributed by atoms with Crippen LogP contribution in [0.2, 0.25) is 0 Å². The Kier molecular flexibility index (Phi) is 6.16. The Morgan fingerprint density at radius 3 is 2.38 bits per heavy atom. The number of aromatic nitrogens is 2. The molecule has 6 nitrogen and oxygen atoms in total. The first-order valence-electron chi connectivity index (χ1n) is 9.61. The van der Waals surface area contributed by atoms with Crippen molar-refractivity contribution >= 4 is 11.5 Å². The van der Waals surface area contributed by atoms with Gasteiger partial charge in [-0.25, -0.2) is 0 Å². The molecule has 142 valence electrons. The predicted molar refractivity (Wildman–Crippen MR) is 109 cm³/mol. The Morgan fingerprint density at radius 2 is 1.85 bits per heavy atom. The van der Waals surface area contributed by atoms with Crippen LogP contribution < -0.4 is 10.6 Å². The lowest BCUT2D eigenvalue weighted by Gasteiger charge is -2.40. The SMILES string of the molecule is CCC(CCN(C)C)N1CCN(c2ccc(-c3cn[nH]c3N)cc2)CC1. The number of nitrogen functional groups attached to an aromatic ring is 1. The van der Waals surface area contributed by atoms with Crippen molar-refractivity contribution in [1.82, 2.24) is 20.0 Å². The minimum absolute atomic E-state index is 0.620. The van der Waals surface area contributed by atoms with Crippen molar-refractivity contribution in [1.29, 1.82) is 0 Å². The third-order valence-electron chi connectivity index (χ3n) is 5.42. The number of nitrogens with one attached hydrogen (secondary N) is 1. The van der Waals surface area contributed by atoms with Gasteiger partial charge in [-0.1, -0.05) is 19.1 Å². The zero-order valence-electron chi connectivity index (χ0n) is 16.3. The number of nitrogens with two attached hydrogens (primary N) is 1. The van der Waals surface area contributed by atoms with Crippen LogP contribution in [0.5, 0.6) is 0 Å². The van der Waals surface area contributed by atoms with Crippen molar-refractivity contribution in [2.24, 2.45) is 0 Å². The average molecular weight is 357 g/mol. The van der Waals surface area contributed by atoms with Crippen molar-refractivity contribution in [3.8, 4) is 11.1 Å². The van der Waals surface area contributed by atoms with E-state index in [-0.39, 0.29) is 0 Å². The van der Waals surface area contributed by atoms with E-state index in [2.05, 4.69) is 70.2 Å². The van der Waals surface area contributed by atoms with Gasteiger partial charge in [0.1, 0.15) is 5.82 Å². The minimum Gasteiger partial charge on any atom is -0.384 e. The summed E-state index contributed by atoms with van der Waals surface area (Å²) >= 11 is 0. The highest BCUT2D eigenvalue weighted by Crippen LogP contribution is 2.27. The molecule has 3 rings (SSSR count). The van der Waals surface area contributed by atoms with Crippen molar-refractivity contribution in [3.63, 3.8) is 0 Å². The van der Waals surface area contributed by atoms with E-state index >= 15 is 0 Å². The van der Waals surface area contributed by atoms with Gasteiger partial charge < -0.3 is 15.5 Å². The number of piperazine rings is 1. The number of H-pyrrole nitrogens is 1. The van der Waals surface area contributed by atoms with Crippen LogP contribution in [0, 0.1) is 0 Å². The lowest BCUT2D eigenvalue weighted by atomic mass is 10.1. The summed E-state index contributed by atoms with van der Waals surface area (Å²) < 4.78 is 0. The highest BCUT2D eigenvalue weighted by atomic mass is 15.3. The van der Waals surface area contributed by atoms with Crippen LogP contribution in [0.15, 0.2) is 30.5 Å². The van der Waals surface area contributed by atoms with Gasteiger partial charge >= 0.3 is 0 Å². The molecule has 1 aromatic heterocycles. The summed E-state index contributed by atoms with van der Waals surface area (Å²) in [5, 5.41) is 6.79. The molecular weight excluding hydrogens is 324 g/mol. The van der Waals surface area contributed by atoms with Crippen LogP contribution in [0.3, 0.4) is 0 Å². The molecule has 0 saturated carbocycles. The number of nitrogens with zero attached hydrogens (tertiary/aromatic N) is 4. The van der Waals surface area contributed by atoms with Crippen LogP contribution in [0.1, 0.15) is 19.8 Å². The fourth-order valence-electron chi connectivity index (χ4n) is 3.78. The van der Waals surface area contributed by atoms with Gasteiger partial charge in [0, 0.05) is 43.5 Å². The molecule has 0 radical (unpaired) electrons. The Morgan fingerprint density at radius 1 is 1.15 bits per heavy atom. The van der Waals surface area contributed by atoms with E-state index in [1.807, 2.05) is 0 Å². The summed E-state index contributed by atoms with van der Waals surface area (Å²) in [6, 6.07) is 9.36. The van der Waals surface area contributed by atoms with Gasteiger partial charge in [0.25, 0.3) is 0 Å². The lowest BCUT2D eigenvalue weighted by Crippen LogP contribution is -2.50. The molecule has 3 N–H and O–H groups in total. The van der Waals surface area contributed by atoms with Crippen molar-refractivity contribution in [2.45, 2.75) is 25.8 Å². The Bertz CT molecular complexity index is 670. The molecule has 2 heterocycles. The van der Waals surface area contributed by atoms with Gasteiger partial charge in [-0.2, -0.15) is 5.10 Å². The Balaban J connectivity index is 1.57. The lowest BCUT2D eigenvalue weighted by molar-refractivity contribution is 0.161. The van der Waals surface area contributed by atoms with Crippen molar-refractivity contribution in [3.05, 3.63) is 30.5 Å². The van der Waals surface area contributed by atoms with Gasteiger partial charge in [-0.05, 0) is 51.2 Å². The van der Waals surface area contributed by atoms with Crippen LogP contribution in [0.25, 0.3) is 11.1 Å². The highest BCUT2D eigenvalue weighted by Gasteiger charge is 2.23. The summed E-state index contributed by atoms with van der Waals surface area (Å²) in [5.41, 5.74) is 9.28. The largest absolute Gasteiger partial charge is 0.384 e. The van der Waals surface area contributed by atoms with E-state index in [4.69, 9.17) is 5.73 Å². The topological polar surface area (TPSA) is 64.4 Å². The summed E-state index contributed by atoms with van der Waals surface area (Å²) in [6.45, 7) is 7.94. The molecule has 1 unspecified atom stereocenters. The second kappa shape index (κ2) is 8.56. The molecule has 1 aliphatic heterocycles. The summed E-state index contributed by atoms with van der Waals surface area (Å²) in [5.74, 6) is 0.620. The number of benzene rings is 1. The molecular formula is C20H32N6. The van der Waals surface area contributed by atoms with Crippen LogP contribution in [0.4, 0.5) is 11.5 Å². The normalized spacial score (nSPS) is 17.0. The summed E-state index contributed by atoms with van der Waals surface area (Å²) in [6.07, 6.45) is 4.26. The fraction of sp³-hybridized carbons (Fsp3) is 0.550. The molecule has 0 bridgehead atoms. The van der Waals surface area contributed by atoms with E-state index in [1.54, 1.807) is 6.20 Å². The first kappa shape index (κ1) is 18.7. The average Bonchev–Trinajstić information content (AvgIpc) is 3.09. The number of aromatic amines is 1. The molecule has 1 atom stereocenters. The Hall–Kier alpha value is -2.05. The molecule has 1 aliphatic rings. The van der Waals surface area contributed by atoms with Crippen molar-refractivity contribution < 1.29 is 0 Å². The van der Waals surface area contributed by atoms with Crippen LogP contribution in [-0.4, -0.2) is 72.9 Å². The zero-order valence-corrected chi connectivity index (χ0v) is 16.3. The van der Waals surface area contributed by atoms with E-state index in [1.165, 1.54) is 18.5 Å². The van der Waals surface area contributed by atoms with E-state index in [0.717, 1.165) is 43.9 Å². The summed E-state index contributed by atoms with van der Waals surface area (Å²) in [4.78, 5) is 7.44. The molecule has 1 fully saturated rings. The maximum atomic E-state index is 5.92. The molecule has 1 saturated heterocycles. The number of hydrogen-bond donors (Lipinski definition) is 2. The van der Waals surface area contributed by atoms with Gasteiger partial charge in [0.2, 0.25) is 0 Å². The predicted octanol–water partition coefficient (Wildman–Crippen LogP) is 2.51.